The molecule has 0 fully saturated rings. The summed E-state index contributed by atoms with van der Waals surface area (Å²) in [5.41, 5.74) is 11.3. The molecule has 1 heteroatoms. The second-order valence-electron chi connectivity index (χ2n) is 4.03. The van der Waals surface area contributed by atoms with Crippen molar-refractivity contribution in [3.05, 3.63) is 34.4 Å². The Bertz CT molecular complexity index is 302. The fourth-order valence-corrected chi connectivity index (χ4v) is 1.97. The fraction of sp³-hybridized carbons (Fsp3) is 0.538. The Morgan fingerprint density at radius 2 is 1.93 bits per heavy atom. The largest absolute Gasteiger partial charge is 0.326 e. The third-order valence-electron chi connectivity index (χ3n) is 2.71. The molecule has 1 aromatic rings. The lowest BCUT2D eigenvalue weighted by Gasteiger charge is -2.12. The number of rotatable bonds is 4. The maximum atomic E-state index is 5.77. The molecule has 1 rings (SSSR count). The number of aryl methyl sites for hydroxylation is 3. The van der Waals surface area contributed by atoms with Crippen LogP contribution in [0, 0.1) is 13.8 Å². The molecule has 0 unspecified atom stereocenters. The average Bonchev–Trinajstić information content (AvgIpc) is 2.14. The highest BCUT2D eigenvalue weighted by Crippen LogP contribution is 2.18. The van der Waals surface area contributed by atoms with Crippen LogP contribution < -0.4 is 5.73 Å². The van der Waals surface area contributed by atoms with Gasteiger partial charge in [0.2, 0.25) is 0 Å². The van der Waals surface area contributed by atoms with E-state index in [0.29, 0.717) is 6.54 Å². The Labute approximate surface area is 87.3 Å². The molecule has 0 aliphatic rings. The molecular weight excluding hydrogens is 170 g/mol. The van der Waals surface area contributed by atoms with Gasteiger partial charge in [-0.1, -0.05) is 31.0 Å². The molecule has 2 N–H and O–H groups in total. The zero-order valence-corrected chi connectivity index (χ0v) is 9.56. The molecule has 0 aromatic heterocycles. The predicted molar refractivity (Wildman–Crippen MR) is 62.4 cm³/mol. The quantitative estimate of drug-likeness (QED) is 0.777. The maximum Gasteiger partial charge on any atom is 0.0183 e. The van der Waals surface area contributed by atoms with E-state index < -0.39 is 0 Å². The van der Waals surface area contributed by atoms with Crippen LogP contribution in [0.5, 0.6) is 0 Å². The molecule has 0 spiro atoms. The second kappa shape index (κ2) is 5.16. The van der Waals surface area contributed by atoms with Crippen molar-refractivity contribution in [2.24, 2.45) is 5.73 Å². The lowest BCUT2D eigenvalue weighted by molar-refractivity contribution is 0.783. The van der Waals surface area contributed by atoms with E-state index in [2.05, 4.69) is 32.9 Å². The summed E-state index contributed by atoms with van der Waals surface area (Å²) in [6, 6.07) is 4.50. The van der Waals surface area contributed by atoms with E-state index in [1.807, 2.05) is 0 Å². The van der Waals surface area contributed by atoms with Crippen LogP contribution in [0.1, 0.15) is 42.0 Å². The minimum Gasteiger partial charge on any atom is -0.326 e. The second-order valence-corrected chi connectivity index (χ2v) is 4.03. The fourth-order valence-electron chi connectivity index (χ4n) is 1.97. The first-order valence-corrected chi connectivity index (χ1v) is 5.48. The summed E-state index contributed by atoms with van der Waals surface area (Å²) in [5, 5.41) is 0. The first-order chi connectivity index (χ1) is 6.69. The average molecular weight is 191 g/mol. The van der Waals surface area contributed by atoms with Crippen LogP contribution in [-0.2, 0) is 13.0 Å². The van der Waals surface area contributed by atoms with Gasteiger partial charge in [0, 0.05) is 6.54 Å². The number of nitrogens with two attached hydrogens (primary N) is 1. The lowest BCUT2D eigenvalue weighted by atomic mass is 9.95. The van der Waals surface area contributed by atoms with Gasteiger partial charge in [0.25, 0.3) is 0 Å². The van der Waals surface area contributed by atoms with Gasteiger partial charge < -0.3 is 5.73 Å². The summed E-state index contributed by atoms with van der Waals surface area (Å²) in [5.74, 6) is 0. The van der Waals surface area contributed by atoms with Crippen molar-refractivity contribution >= 4 is 0 Å². The van der Waals surface area contributed by atoms with Crippen molar-refractivity contribution in [1.82, 2.24) is 0 Å². The SMILES string of the molecule is CCCCc1cc(C)cc(C)c1CN. The Balaban J connectivity index is 2.99. The van der Waals surface area contributed by atoms with Crippen molar-refractivity contribution in [3.8, 4) is 0 Å². The van der Waals surface area contributed by atoms with Crippen molar-refractivity contribution in [3.63, 3.8) is 0 Å². The molecule has 0 bridgehead atoms. The molecule has 1 nitrogen and oxygen atoms in total. The van der Waals surface area contributed by atoms with Gasteiger partial charge in [0.15, 0.2) is 0 Å². The minimum absolute atomic E-state index is 0.672. The highest BCUT2D eigenvalue weighted by Gasteiger charge is 2.04. The minimum atomic E-state index is 0.672. The Morgan fingerprint density at radius 1 is 1.21 bits per heavy atom. The standard InChI is InChI=1S/C13H21N/c1-4-5-6-12-8-10(2)7-11(3)13(12)9-14/h7-8H,4-6,9,14H2,1-3H3. The smallest absolute Gasteiger partial charge is 0.0183 e. The summed E-state index contributed by atoms with van der Waals surface area (Å²) in [4.78, 5) is 0. The van der Waals surface area contributed by atoms with Gasteiger partial charge in [0.05, 0.1) is 0 Å². The summed E-state index contributed by atoms with van der Waals surface area (Å²) in [6.45, 7) is 7.21. The molecule has 0 saturated carbocycles. The van der Waals surface area contributed by atoms with Crippen LogP contribution in [0.2, 0.25) is 0 Å². The third kappa shape index (κ3) is 2.58. The van der Waals surface area contributed by atoms with Crippen LogP contribution in [0.4, 0.5) is 0 Å². The first kappa shape index (κ1) is 11.3. The van der Waals surface area contributed by atoms with Crippen LogP contribution in [-0.4, -0.2) is 0 Å². The molecular formula is C13H21N. The maximum absolute atomic E-state index is 5.77. The van der Waals surface area contributed by atoms with Crippen molar-refractivity contribution in [2.45, 2.75) is 46.6 Å². The molecule has 0 aliphatic heterocycles. The van der Waals surface area contributed by atoms with Crippen molar-refractivity contribution in [2.75, 3.05) is 0 Å². The zero-order chi connectivity index (χ0) is 10.6. The van der Waals surface area contributed by atoms with Crippen LogP contribution in [0.3, 0.4) is 0 Å². The number of hydrogen-bond acceptors (Lipinski definition) is 1. The summed E-state index contributed by atoms with van der Waals surface area (Å²) >= 11 is 0. The molecule has 0 heterocycles. The zero-order valence-electron chi connectivity index (χ0n) is 9.56. The van der Waals surface area contributed by atoms with Gasteiger partial charge >= 0.3 is 0 Å². The topological polar surface area (TPSA) is 26.0 Å². The molecule has 0 aliphatic carbocycles. The van der Waals surface area contributed by atoms with Gasteiger partial charge in [-0.3, -0.25) is 0 Å². The molecule has 78 valence electrons. The molecule has 0 radical (unpaired) electrons. The molecule has 1 aromatic carbocycles. The molecule has 14 heavy (non-hydrogen) atoms. The van der Waals surface area contributed by atoms with Gasteiger partial charge in [0.1, 0.15) is 0 Å². The van der Waals surface area contributed by atoms with Crippen LogP contribution in [0.25, 0.3) is 0 Å². The van der Waals surface area contributed by atoms with E-state index in [0.717, 1.165) is 0 Å². The van der Waals surface area contributed by atoms with E-state index >= 15 is 0 Å². The van der Waals surface area contributed by atoms with Gasteiger partial charge in [-0.25, -0.2) is 0 Å². The molecule has 0 atom stereocenters. The highest BCUT2D eigenvalue weighted by molar-refractivity contribution is 5.38. The summed E-state index contributed by atoms with van der Waals surface area (Å²) in [7, 11) is 0. The number of unbranched alkanes of at least 4 members (excludes halogenated alkanes) is 1. The predicted octanol–water partition coefficient (Wildman–Crippen LogP) is 3.10. The number of benzene rings is 1. The summed E-state index contributed by atoms with van der Waals surface area (Å²) < 4.78 is 0. The van der Waals surface area contributed by atoms with Gasteiger partial charge in [-0.2, -0.15) is 0 Å². The number of hydrogen-bond donors (Lipinski definition) is 1. The Kier molecular flexibility index (Phi) is 4.15. The van der Waals surface area contributed by atoms with Crippen molar-refractivity contribution in [1.29, 1.82) is 0 Å². The third-order valence-corrected chi connectivity index (χ3v) is 2.71. The van der Waals surface area contributed by atoms with Crippen LogP contribution in [0.15, 0.2) is 12.1 Å². The van der Waals surface area contributed by atoms with E-state index in [-0.39, 0.29) is 0 Å². The van der Waals surface area contributed by atoms with E-state index in [1.54, 1.807) is 0 Å². The summed E-state index contributed by atoms with van der Waals surface area (Å²) in [6.07, 6.45) is 3.68. The highest BCUT2D eigenvalue weighted by atomic mass is 14.5. The van der Waals surface area contributed by atoms with E-state index in [9.17, 15) is 0 Å². The monoisotopic (exact) mass is 191 g/mol. The molecule has 0 saturated heterocycles. The van der Waals surface area contributed by atoms with Crippen LogP contribution >= 0.6 is 0 Å². The van der Waals surface area contributed by atoms with E-state index in [4.69, 9.17) is 5.73 Å². The first-order valence-electron chi connectivity index (χ1n) is 5.48. The normalized spacial score (nSPS) is 10.6. The van der Waals surface area contributed by atoms with Gasteiger partial charge in [-0.15, -0.1) is 0 Å². The Morgan fingerprint density at radius 3 is 2.50 bits per heavy atom. The van der Waals surface area contributed by atoms with E-state index in [1.165, 1.54) is 41.5 Å². The lowest BCUT2D eigenvalue weighted by Crippen LogP contribution is -2.05. The Hall–Kier alpha value is -0.820. The van der Waals surface area contributed by atoms with Crippen molar-refractivity contribution < 1.29 is 0 Å². The molecule has 0 amide bonds. The van der Waals surface area contributed by atoms with Gasteiger partial charge in [-0.05, 0) is 43.4 Å².